The highest BCUT2D eigenvalue weighted by Crippen LogP contribution is 2.36. The van der Waals surface area contributed by atoms with Gasteiger partial charge >= 0.3 is 0 Å². The van der Waals surface area contributed by atoms with Crippen LogP contribution in [0.3, 0.4) is 0 Å². The van der Waals surface area contributed by atoms with E-state index in [1.807, 2.05) is 19.0 Å². The number of likely N-dealkylation sites (N-methyl/N-ethyl adjacent to an activating group) is 2. The van der Waals surface area contributed by atoms with E-state index in [1.54, 1.807) is 19.1 Å². The van der Waals surface area contributed by atoms with Gasteiger partial charge in [-0.1, -0.05) is 16.8 Å². The van der Waals surface area contributed by atoms with Gasteiger partial charge in [0.05, 0.1) is 27.0 Å². The smallest absolute Gasteiger partial charge is 0.179 e. The first-order chi connectivity index (χ1) is 14.4. The molecule has 1 heterocycles. The summed E-state index contributed by atoms with van der Waals surface area (Å²) in [6, 6.07) is 8.89. The highest BCUT2D eigenvalue weighted by molar-refractivity contribution is 8.00. The van der Waals surface area contributed by atoms with Gasteiger partial charge in [0.2, 0.25) is 0 Å². The molecular formula is C20H22ClF2N5OS. The Kier molecular flexibility index (Phi) is 7.41. The van der Waals surface area contributed by atoms with Crippen molar-refractivity contribution in [3.63, 3.8) is 0 Å². The summed E-state index contributed by atoms with van der Waals surface area (Å²) in [7, 11) is 3.70. The van der Waals surface area contributed by atoms with Crippen LogP contribution in [0.1, 0.15) is 5.76 Å². The standard InChI is InChI=1S/C20H22ClF2N5OS/c1-12-8-20(26-29-12)27-30-19-10-14(21)17(11-15(19)23)25-16-5-4-13(22)9-18(16)28(3)7-6-24-2/h4-5,8-11,24-25H,6-7H2,1-3H3,(H,26,27). The maximum absolute atomic E-state index is 14.6. The second kappa shape index (κ2) is 10.0. The average Bonchev–Trinajstić information content (AvgIpc) is 3.14. The van der Waals surface area contributed by atoms with E-state index in [2.05, 4.69) is 20.5 Å². The third kappa shape index (κ3) is 5.56. The molecule has 0 aliphatic rings. The van der Waals surface area contributed by atoms with Crippen LogP contribution in [0.15, 0.2) is 45.8 Å². The quantitative estimate of drug-likeness (QED) is 0.373. The molecule has 0 unspecified atom stereocenters. The molecule has 0 aliphatic heterocycles. The zero-order valence-corrected chi connectivity index (χ0v) is 18.3. The third-order valence-corrected chi connectivity index (χ3v) is 5.41. The Hall–Kier alpha value is -2.49. The summed E-state index contributed by atoms with van der Waals surface area (Å²) in [5.41, 5.74) is 1.64. The summed E-state index contributed by atoms with van der Waals surface area (Å²) in [4.78, 5) is 2.21. The maximum atomic E-state index is 14.6. The topological polar surface area (TPSA) is 65.4 Å². The third-order valence-electron chi connectivity index (χ3n) is 4.25. The van der Waals surface area contributed by atoms with E-state index in [0.29, 0.717) is 45.1 Å². The monoisotopic (exact) mass is 453 g/mol. The van der Waals surface area contributed by atoms with E-state index in [-0.39, 0.29) is 5.82 Å². The van der Waals surface area contributed by atoms with Crippen molar-refractivity contribution in [2.75, 3.05) is 42.1 Å². The summed E-state index contributed by atoms with van der Waals surface area (Å²) in [5.74, 6) is 0.304. The maximum Gasteiger partial charge on any atom is 0.179 e. The van der Waals surface area contributed by atoms with Crippen molar-refractivity contribution < 1.29 is 13.3 Å². The van der Waals surface area contributed by atoms with Gasteiger partial charge in [0.1, 0.15) is 17.4 Å². The number of aryl methyl sites for hydroxylation is 1. The first-order valence-corrected chi connectivity index (χ1v) is 10.3. The van der Waals surface area contributed by atoms with Crippen LogP contribution in [0.4, 0.5) is 31.7 Å². The van der Waals surface area contributed by atoms with Crippen molar-refractivity contribution >= 4 is 46.4 Å². The molecule has 3 aromatic rings. The average molecular weight is 454 g/mol. The summed E-state index contributed by atoms with van der Waals surface area (Å²) in [5, 5.41) is 10.3. The highest BCUT2D eigenvalue weighted by Gasteiger charge is 2.14. The molecule has 3 rings (SSSR count). The molecule has 1 aromatic heterocycles. The van der Waals surface area contributed by atoms with Gasteiger partial charge in [-0.2, -0.15) is 0 Å². The van der Waals surface area contributed by atoms with Crippen molar-refractivity contribution in [2.24, 2.45) is 0 Å². The van der Waals surface area contributed by atoms with Gasteiger partial charge < -0.3 is 24.8 Å². The van der Waals surface area contributed by atoms with Crippen LogP contribution in [-0.2, 0) is 0 Å². The number of benzene rings is 2. The molecule has 30 heavy (non-hydrogen) atoms. The number of nitrogens with zero attached hydrogens (tertiary/aromatic N) is 2. The minimum Gasteiger partial charge on any atom is -0.372 e. The second-order valence-electron chi connectivity index (χ2n) is 6.60. The van der Waals surface area contributed by atoms with Gasteiger partial charge in [0.25, 0.3) is 0 Å². The van der Waals surface area contributed by atoms with Gasteiger partial charge in [-0.25, -0.2) is 8.78 Å². The molecular weight excluding hydrogens is 432 g/mol. The molecule has 0 amide bonds. The lowest BCUT2D eigenvalue weighted by Crippen LogP contribution is -2.27. The zero-order valence-electron chi connectivity index (χ0n) is 16.7. The Morgan fingerprint density at radius 3 is 2.67 bits per heavy atom. The van der Waals surface area contributed by atoms with E-state index >= 15 is 0 Å². The summed E-state index contributed by atoms with van der Waals surface area (Å²) in [6.45, 7) is 3.16. The van der Waals surface area contributed by atoms with Crippen LogP contribution in [0.2, 0.25) is 5.02 Å². The molecule has 0 radical (unpaired) electrons. The predicted octanol–water partition coefficient (Wildman–Crippen LogP) is 5.43. The van der Waals surface area contributed by atoms with Crippen LogP contribution >= 0.6 is 23.5 Å². The van der Waals surface area contributed by atoms with Gasteiger partial charge in [-0.3, -0.25) is 0 Å². The normalized spacial score (nSPS) is 10.9. The number of anilines is 4. The van der Waals surface area contributed by atoms with E-state index in [0.717, 1.165) is 18.5 Å². The number of rotatable bonds is 9. The molecule has 0 spiro atoms. The fraction of sp³-hybridized carbons (Fsp3) is 0.250. The van der Waals surface area contributed by atoms with Crippen molar-refractivity contribution in [2.45, 2.75) is 11.8 Å². The summed E-state index contributed by atoms with van der Waals surface area (Å²) in [6.07, 6.45) is 0. The highest BCUT2D eigenvalue weighted by atomic mass is 35.5. The molecule has 0 atom stereocenters. The molecule has 0 saturated heterocycles. The SMILES string of the molecule is CNCCN(C)c1cc(F)ccc1Nc1cc(F)c(SNc2cc(C)on2)cc1Cl. The lowest BCUT2D eigenvalue weighted by atomic mass is 10.2. The van der Waals surface area contributed by atoms with Crippen molar-refractivity contribution in [3.8, 4) is 0 Å². The Bertz CT molecular complexity index is 1020. The number of hydrogen-bond acceptors (Lipinski definition) is 7. The van der Waals surface area contributed by atoms with E-state index in [9.17, 15) is 8.78 Å². The van der Waals surface area contributed by atoms with Gasteiger partial charge in [0, 0.05) is 32.3 Å². The number of nitrogens with one attached hydrogen (secondary N) is 3. The van der Waals surface area contributed by atoms with Crippen molar-refractivity contribution in [3.05, 3.63) is 58.8 Å². The van der Waals surface area contributed by atoms with Crippen LogP contribution in [0.25, 0.3) is 0 Å². The van der Waals surface area contributed by atoms with Crippen LogP contribution < -0.4 is 20.3 Å². The predicted molar refractivity (Wildman–Crippen MR) is 119 cm³/mol. The van der Waals surface area contributed by atoms with Crippen LogP contribution in [0, 0.1) is 18.6 Å². The molecule has 0 saturated carbocycles. The lowest BCUT2D eigenvalue weighted by Gasteiger charge is -2.23. The van der Waals surface area contributed by atoms with Gasteiger partial charge in [-0.15, -0.1) is 0 Å². The Balaban J connectivity index is 1.79. The molecule has 0 aliphatic carbocycles. The Morgan fingerprint density at radius 1 is 1.17 bits per heavy atom. The fourth-order valence-corrected chi connectivity index (χ4v) is 3.62. The Labute approximate surface area is 183 Å². The molecule has 3 N–H and O–H groups in total. The van der Waals surface area contributed by atoms with E-state index in [4.69, 9.17) is 16.1 Å². The minimum atomic E-state index is -0.466. The minimum absolute atomic E-state index is 0.302. The molecule has 6 nitrogen and oxygen atoms in total. The number of aromatic nitrogens is 1. The Morgan fingerprint density at radius 2 is 1.97 bits per heavy atom. The van der Waals surface area contributed by atoms with Crippen molar-refractivity contribution in [1.82, 2.24) is 10.5 Å². The molecule has 0 bridgehead atoms. The fourth-order valence-electron chi connectivity index (χ4n) is 2.70. The van der Waals surface area contributed by atoms with Crippen molar-refractivity contribution in [1.29, 1.82) is 0 Å². The molecule has 160 valence electrons. The van der Waals surface area contributed by atoms with Gasteiger partial charge in [-0.05, 0) is 50.2 Å². The van der Waals surface area contributed by atoms with Gasteiger partial charge in [0.15, 0.2) is 5.82 Å². The molecule has 2 aromatic carbocycles. The number of halogens is 3. The number of hydrogen-bond donors (Lipinski definition) is 3. The second-order valence-corrected chi connectivity index (χ2v) is 7.86. The lowest BCUT2D eigenvalue weighted by molar-refractivity contribution is 0.400. The van der Waals surface area contributed by atoms with Crippen LogP contribution in [-0.4, -0.2) is 32.3 Å². The van der Waals surface area contributed by atoms with Crippen LogP contribution in [0.5, 0.6) is 0 Å². The zero-order chi connectivity index (χ0) is 21.7. The molecule has 0 fully saturated rings. The molecule has 10 heteroatoms. The van der Waals surface area contributed by atoms with E-state index in [1.165, 1.54) is 24.3 Å². The first-order valence-electron chi connectivity index (χ1n) is 9.15. The van der Waals surface area contributed by atoms with E-state index < -0.39 is 5.82 Å². The summed E-state index contributed by atoms with van der Waals surface area (Å²) >= 11 is 7.42. The first kappa shape index (κ1) is 22.2. The largest absolute Gasteiger partial charge is 0.372 e. The summed E-state index contributed by atoms with van der Waals surface area (Å²) < 4.78 is 36.3.